The predicted octanol–water partition coefficient (Wildman–Crippen LogP) is 2.73. The first-order valence-electron chi connectivity index (χ1n) is 6.86. The molecule has 1 aromatic rings. The van der Waals surface area contributed by atoms with E-state index in [2.05, 4.69) is 18.7 Å². The second-order valence-corrected chi connectivity index (χ2v) is 5.64. The standard InChI is InChI=1S/C15H22FN3/c1-10(2)14-4-3-7-19(14)9-11-5-6-12(16)8-13(11)15(17)18/h5-6,8,10,14H,3-4,7,9H2,1-2H3,(H3,17,18). The van der Waals surface area contributed by atoms with E-state index in [0.717, 1.165) is 18.7 Å². The summed E-state index contributed by atoms with van der Waals surface area (Å²) in [5, 5.41) is 7.57. The van der Waals surface area contributed by atoms with Crippen LogP contribution in [0.1, 0.15) is 37.8 Å². The van der Waals surface area contributed by atoms with Gasteiger partial charge in [0.1, 0.15) is 11.7 Å². The van der Waals surface area contributed by atoms with Gasteiger partial charge in [0.15, 0.2) is 0 Å². The van der Waals surface area contributed by atoms with Crippen molar-refractivity contribution in [2.45, 2.75) is 39.3 Å². The van der Waals surface area contributed by atoms with E-state index in [-0.39, 0.29) is 11.7 Å². The molecule has 4 heteroatoms. The van der Waals surface area contributed by atoms with Crippen molar-refractivity contribution in [2.24, 2.45) is 11.7 Å². The summed E-state index contributed by atoms with van der Waals surface area (Å²) in [5.41, 5.74) is 7.02. The summed E-state index contributed by atoms with van der Waals surface area (Å²) in [4.78, 5) is 2.42. The smallest absolute Gasteiger partial charge is 0.123 e. The van der Waals surface area contributed by atoms with Gasteiger partial charge in [-0.25, -0.2) is 4.39 Å². The molecular formula is C15H22FN3. The number of benzene rings is 1. The molecule has 0 saturated carbocycles. The first-order chi connectivity index (χ1) is 8.99. The number of nitrogen functional groups attached to an aromatic ring is 1. The third kappa shape index (κ3) is 3.13. The van der Waals surface area contributed by atoms with Gasteiger partial charge in [-0.05, 0) is 43.0 Å². The number of halogens is 1. The molecule has 0 spiro atoms. The molecule has 1 aliphatic heterocycles. The number of nitrogens with two attached hydrogens (primary N) is 1. The number of nitrogens with zero attached hydrogens (tertiary/aromatic N) is 1. The second-order valence-electron chi connectivity index (χ2n) is 5.64. The van der Waals surface area contributed by atoms with Crippen molar-refractivity contribution in [3.8, 4) is 0 Å². The van der Waals surface area contributed by atoms with Crippen LogP contribution in [0.4, 0.5) is 4.39 Å². The van der Waals surface area contributed by atoms with Crippen LogP contribution in [0.3, 0.4) is 0 Å². The molecule has 104 valence electrons. The highest BCUT2D eigenvalue weighted by molar-refractivity contribution is 5.96. The van der Waals surface area contributed by atoms with Gasteiger partial charge in [-0.15, -0.1) is 0 Å². The Kier molecular flexibility index (Phi) is 4.20. The Morgan fingerprint density at radius 2 is 2.26 bits per heavy atom. The summed E-state index contributed by atoms with van der Waals surface area (Å²) in [5.74, 6) is 0.217. The summed E-state index contributed by atoms with van der Waals surface area (Å²) in [6.45, 7) is 6.29. The van der Waals surface area contributed by atoms with Crippen molar-refractivity contribution in [2.75, 3.05) is 6.54 Å². The van der Waals surface area contributed by atoms with Crippen LogP contribution in [-0.2, 0) is 6.54 Å². The Hall–Kier alpha value is -1.42. The van der Waals surface area contributed by atoms with Crippen molar-refractivity contribution < 1.29 is 4.39 Å². The molecule has 1 heterocycles. The van der Waals surface area contributed by atoms with Crippen molar-refractivity contribution in [1.29, 1.82) is 5.41 Å². The Labute approximate surface area is 114 Å². The second kappa shape index (κ2) is 5.70. The minimum atomic E-state index is -0.337. The van der Waals surface area contributed by atoms with Crippen LogP contribution >= 0.6 is 0 Å². The van der Waals surface area contributed by atoms with Crippen LogP contribution in [-0.4, -0.2) is 23.3 Å². The highest BCUT2D eigenvalue weighted by Gasteiger charge is 2.27. The SMILES string of the molecule is CC(C)C1CCCN1Cc1ccc(F)cc1C(=N)N. The minimum Gasteiger partial charge on any atom is -0.384 e. The molecule has 2 rings (SSSR count). The molecule has 1 fully saturated rings. The Morgan fingerprint density at radius 1 is 1.53 bits per heavy atom. The van der Waals surface area contributed by atoms with E-state index in [1.807, 2.05) is 0 Å². The van der Waals surface area contributed by atoms with Gasteiger partial charge in [0.25, 0.3) is 0 Å². The maximum Gasteiger partial charge on any atom is 0.123 e. The first-order valence-corrected chi connectivity index (χ1v) is 6.86. The average molecular weight is 263 g/mol. The molecule has 0 bridgehead atoms. The van der Waals surface area contributed by atoms with E-state index in [1.165, 1.54) is 25.0 Å². The Morgan fingerprint density at radius 3 is 2.89 bits per heavy atom. The van der Waals surface area contributed by atoms with Gasteiger partial charge >= 0.3 is 0 Å². The molecule has 3 nitrogen and oxygen atoms in total. The van der Waals surface area contributed by atoms with E-state index in [9.17, 15) is 4.39 Å². The summed E-state index contributed by atoms with van der Waals surface area (Å²) in [6.07, 6.45) is 2.42. The Bertz CT molecular complexity index is 470. The zero-order valence-corrected chi connectivity index (χ0v) is 11.6. The highest BCUT2D eigenvalue weighted by atomic mass is 19.1. The molecule has 0 amide bonds. The van der Waals surface area contributed by atoms with Crippen molar-refractivity contribution in [3.05, 3.63) is 35.1 Å². The Balaban J connectivity index is 2.21. The number of hydrogen-bond acceptors (Lipinski definition) is 2. The van der Waals surface area contributed by atoms with Gasteiger partial charge in [0, 0.05) is 18.2 Å². The van der Waals surface area contributed by atoms with Crippen LogP contribution in [0.25, 0.3) is 0 Å². The van der Waals surface area contributed by atoms with Crippen LogP contribution in [0.15, 0.2) is 18.2 Å². The van der Waals surface area contributed by atoms with Crippen LogP contribution in [0.2, 0.25) is 0 Å². The van der Waals surface area contributed by atoms with E-state index >= 15 is 0 Å². The maximum absolute atomic E-state index is 13.3. The number of rotatable bonds is 4. The molecule has 1 aliphatic rings. The lowest BCUT2D eigenvalue weighted by Crippen LogP contribution is -2.33. The lowest BCUT2D eigenvalue weighted by molar-refractivity contribution is 0.198. The van der Waals surface area contributed by atoms with Crippen molar-refractivity contribution >= 4 is 5.84 Å². The first kappa shape index (κ1) is 14.0. The molecule has 1 atom stereocenters. The van der Waals surface area contributed by atoms with E-state index in [1.54, 1.807) is 6.07 Å². The summed E-state index contributed by atoms with van der Waals surface area (Å²) >= 11 is 0. The lowest BCUT2D eigenvalue weighted by atomic mass is 10.0. The lowest BCUT2D eigenvalue weighted by Gasteiger charge is -2.28. The van der Waals surface area contributed by atoms with Gasteiger partial charge in [0.2, 0.25) is 0 Å². The fraction of sp³-hybridized carbons (Fsp3) is 0.533. The third-order valence-electron chi connectivity index (χ3n) is 3.92. The fourth-order valence-electron chi connectivity index (χ4n) is 2.96. The average Bonchev–Trinajstić information content (AvgIpc) is 2.79. The van der Waals surface area contributed by atoms with E-state index in [4.69, 9.17) is 11.1 Å². The van der Waals surface area contributed by atoms with Gasteiger partial charge in [-0.1, -0.05) is 19.9 Å². The summed E-state index contributed by atoms with van der Waals surface area (Å²) in [6, 6.07) is 5.13. The number of amidine groups is 1. The van der Waals surface area contributed by atoms with E-state index < -0.39 is 0 Å². The minimum absolute atomic E-state index is 0.0604. The van der Waals surface area contributed by atoms with Gasteiger partial charge in [-0.2, -0.15) is 0 Å². The van der Waals surface area contributed by atoms with Crippen LogP contribution in [0.5, 0.6) is 0 Å². The molecule has 1 unspecified atom stereocenters. The van der Waals surface area contributed by atoms with Gasteiger partial charge < -0.3 is 5.73 Å². The number of hydrogen-bond donors (Lipinski definition) is 2. The molecule has 19 heavy (non-hydrogen) atoms. The molecule has 1 aromatic carbocycles. The quantitative estimate of drug-likeness (QED) is 0.648. The largest absolute Gasteiger partial charge is 0.384 e. The molecule has 0 radical (unpaired) electrons. The van der Waals surface area contributed by atoms with Crippen LogP contribution < -0.4 is 5.73 Å². The van der Waals surface area contributed by atoms with Crippen LogP contribution in [0, 0.1) is 17.1 Å². The summed E-state index contributed by atoms with van der Waals surface area (Å²) in [7, 11) is 0. The van der Waals surface area contributed by atoms with Crippen molar-refractivity contribution in [3.63, 3.8) is 0 Å². The highest BCUT2D eigenvalue weighted by Crippen LogP contribution is 2.26. The summed E-state index contributed by atoms with van der Waals surface area (Å²) < 4.78 is 13.3. The number of likely N-dealkylation sites (tertiary alicyclic amines) is 1. The van der Waals surface area contributed by atoms with Gasteiger partial charge in [0.05, 0.1) is 0 Å². The molecule has 3 N–H and O–H groups in total. The molecule has 0 aromatic heterocycles. The predicted molar refractivity (Wildman–Crippen MR) is 75.7 cm³/mol. The van der Waals surface area contributed by atoms with Gasteiger partial charge in [-0.3, -0.25) is 10.3 Å². The topological polar surface area (TPSA) is 53.1 Å². The maximum atomic E-state index is 13.3. The van der Waals surface area contributed by atoms with E-state index in [0.29, 0.717) is 17.5 Å². The molecular weight excluding hydrogens is 241 g/mol. The third-order valence-corrected chi connectivity index (χ3v) is 3.92. The van der Waals surface area contributed by atoms with Crippen molar-refractivity contribution in [1.82, 2.24) is 4.90 Å². The normalized spacial score (nSPS) is 20.1. The fourth-order valence-corrected chi connectivity index (χ4v) is 2.96. The molecule has 0 aliphatic carbocycles. The molecule has 1 saturated heterocycles. The monoisotopic (exact) mass is 263 g/mol. The number of nitrogens with one attached hydrogen (secondary N) is 1. The zero-order chi connectivity index (χ0) is 14.0. The zero-order valence-electron chi connectivity index (χ0n) is 11.6.